The van der Waals surface area contributed by atoms with Crippen molar-refractivity contribution in [3.8, 4) is 5.69 Å². The number of rotatable bonds is 4. The van der Waals surface area contributed by atoms with Crippen molar-refractivity contribution in [2.75, 3.05) is 4.90 Å². The van der Waals surface area contributed by atoms with Crippen LogP contribution in [0.4, 0.5) is 10.1 Å². The van der Waals surface area contributed by atoms with E-state index in [0.717, 1.165) is 38.5 Å². The van der Waals surface area contributed by atoms with Crippen LogP contribution in [0.25, 0.3) is 5.69 Å². The largest absolute Gasteiger partial charge is 0.351 e. The summed E-state index contributed by atoms with van der Waals surface area (Å²) in [5.41, 5.74) is 6.79. The molecule has 4 aromatic rings. The van der Waals surface area contributed by atoms with Crippen molar-refractivity contribution in [2.45, 2.75) is 32.9 Å². The summed E-state index contributed by atoms with van der Waals surface area (Å²) in [6, 6.07) is 21.1. The lowest BCUT2D eigenvalue weighted by atomic mass is 9.96. The van der Waals surface area contributed by atoms with Crippen molar-refractivity contribution in [3.05, 3.63) is 111 Å². The van der Waals surface area contributed by atoms with E-state index >= 15 is 0 Å². The SMILES string of the molecule is Cc1cc(N2C(=S)N[C@H](c3ccccn3)[C@@H]2c2cc(C)n(-c3ccccc3Br)c2C)ccc1F. The van der Waals surface area contributed by atoms with E-state index in [-0.39, 0.29) is 17.9 Å². The van der Waals surface area contributed by atoms with E-state index in [1.54, 1.807) is 19.2 Å². The molecule has 7 heteroatoms. The third-order valence-electron chi connectivity index (χ3n) is 6.40. The lowest BCUT2D eigenvalue weighted by molar-refractivity contribution is 0.564. The van der Waals surface area contributed by atoms with Crippen LogP contribution in [0, 0.1) is 26.6 Å². The van der Waals surface area contributed by atoms with Gasteiger partial charge in [0.1, 0.15) is 5.82 Å². The molecular weight excluding hydrogens is 511 g/mol. The summed E-state index contributed by atoms with van der Waals surface area (Å²) in [4.78, 5) is 6.73. The topological polar surface area (TPSA) is 33.1 Å². The Kier molecular flexibility index (Phi) is 6.00. The third-order valence-corrected chi connectivity index (χ3v) is 7.39. The second-order valence-electron chi connectivity index (χ2n) is 8.54. The minimum atomic E-state index is -0.230. The van der Waals surface area contributed by atoms with Crippen molar-refractivity contribution in [1.29, 1.82) is 0 Å². The van der Waals surface area contributed by atoms with Crippen LogP contribution >= 0.6 is 28.1 Å². The van der Waals surface area contributed by atoms with E-state index in [1.807, 2.05) is 42.5 Å². The first-order valence-electron chi connectivity index (χ1n) is 11.1. The van der Waals surface area contributed by atoms with Gasteiger partial charge in [0.15, 0.2) is 5.11 Å². The fraction of sp³-hybridized carbons (Fsp3) is 0.185. The zero-order valence-corrected chi connectivity index (χ0v) is 21.5. The molecule has 172 valence electrons. The predicted molar refractivity (Wildman–Crippen MR) is 142 cm³/mol. The Balaban J connectivity index is 1.70. The quantitative estimate of drug-likeness (QED) is 0.289. The van der Waals surface area contributed by atoms with E-state index in [1.165, 1.54) is 6.07 Å². The molecule has 1 N–H and O–H groups in total. The van der Waals surface area contributed by atoms with Crippen LogP contribution in [-0.4, -0.2) is 14.7 Å². The molecule has 1 fully saturated rings. The smallest absolute Gasteiger partial charge is 0.174 e. The van der Waals surface area contributed by atoms with E-state index in [9.17, 15) is 4.39 Å². The molecule has 1 saturated heterocycles. The summed E-state index contributed by atoms with van der Waals surface area (Å²) in [5, 5.41) is 4.09. The first-order chi connectivity index (χ1) is 16.4. The zero-order valence-electron chi connectivity index (χ0n) is 19.1. The molecule has 0 spiro atoms. The number of pyridine rings is 1. The molecule has 2 aromatic heterocycles. The van der Waals surface area contributed by atoms with E-state index in [0.29, 0.717) is 10.7 Å². The molecule has 2 atom stereocenters. The van der Waals surface area contributed by atoms with Crippen molar-refractivity contribution in [2.24, 2.45) is 0 Å². The zero-order chi connectivity index (χ0) is 24.0. The van der Waals surface area contributed by atoms with Gasteiger partial charge in [0.05, 0.1) is 23.5 Å². The van der Waals surface area contributed by atoms with Gasteiger partial charge in [-0.05, 0) is 109 Å². The summed E-state index contributed by atoms with van der Waals surface area (Å²) in [7, 11) is 0. The molecule has 0 saturated carbocycles. The summed E-state index contributed by atoms with van der Waals surface area (Å²) >= 11 is 9.53. The Morgan fingerprint density at radius 2 is 1.76 bits per heavy atom. The van der Waals surface area contributed by atoms with Crippen molar-refractivity contribution >= 4 is 38.9 Å². The third kappa shape index (κ3) is 3.83. The van der Waals surface area contributed by atoms with Crippen LogP contribution in [0.2, 0.25) is 0 Å². The summed E-state index contributed by atoms with van der Waals surface area (Å²) in [6.07, 6.45) is 1.80. The molecule has 5 rings (SSSR count). The molecule has 4 nitrogen and oxygen atoms in total. The van der Waals surface area contributed by atoms with Crippen molar-refractivity contribution in [3.63, 3.8) is 0 Å². The van der Waals surface area contributed by atoms with Gasteiger partial charge < -0.3 is 14.8 Å². The Labute approximate surface area is 212 Å². The van der Waals surface area contributed by atoms with E-state index in [2.05, 4.69) is 61.7 Å². The van der Waals surface area contributed by atoms with Gasteiger partial charge in [-0.25, -0.2) is 4.39 Å². The van der Waals surface area contributed by atoms with Gasteiger partial charge in [0, 0.05) is 27.7 Å². The number of hydrogen-bond donors (Lipinski definition) is 1. The van der Waals surface area contributed by atoms with Gasteiger partial charge in [-0.2, -0.15) is 0 Å². The number of thiocarbonyl (C=S) groups is 1. The number of para-hydroxylation sites is 1. The molecule has 0 radical (unpaired) electrons. The first kappa shape index (κ1) is 22.7. The first-order valence-corrected chi connectivity index (χ1v) is 12.3. The molecule has 3 heterocycles. The van der Waals surface area contributed by atoms with Crippen LogP contribution in [0.1, 0.15) is 40.3 Å². The maximum atomic E-state index is 14.1. The molecular formula is C27H24BrFN4S. The van der Waals surface area contributed by atoms with Crippen LogP contribution in [0.5, 0.6) is 0 Å². The van der Waals surface area contributed by atoms with Gasteiger partial charge in [0.2, 0.25) is 0 Å². The lowest BCUT2D eigenvalue weighted by Crippen LogP contribution is -2.29. The van der Waals surface area contributed by atoms with Crippen molar-refractivity contribution in [1.82, 2.24) is 14.9 Å². The highest BCUT2D eigenvalue weighted by Gasteiger charge is 2.42. The number of hydrogen-bond acceptors (Lipinski definition) is 2. The van der Waals surface area contributed by atoms with Gasteiger partial charge in [-0.3, -0.25) is 4.98 Å². The maximum Gasteiger partial charge on any atom is 0.174 e. The second-order valence-corrected chi connectivity index (χ2v) is 9.78. The molecule has 0 aliphatic carbocycles. The van der Waals surface area contributed by atoms with Crippen LogP contribution < -0.4 is 10.2 Å². The fourth-order valence-electron chi connectivity index (χ4n) is 4.82. The average Bonchev–Trinajstić information content (AvgIpc) is 3.32. The van der Waals surface area contributed by atoms with E-state index < -0.39 is 0 Å². The summed E-state index contributed by atoms with van der Waals surface area (Å²) in [5.74, 6) is -0.230. The number of anilines is 1. The number of nitrogens with one attached hydrogen (secondary N) is 1. The molecule has 1 aliphatic rings. The van der Waals surface area contributed by atoms with Gasteiger partial charge in [-0.15, -0.1) is 0 Å². The standard InChI is InChI=1S/C27H24BrFN4S/c1-16-14-19(11-12-22(16)29)33-26(25(31-27(33)34)23-9-6-7-13-30-23)20-15-17(2)32(18(20)3)24-10-5-4-8-21(24)28/h4-15,25-26H,1-3H3,(H,31,34)/t25-,26+/m1/s1. The monoisotopic (exact) mass is 534 g/mol. The highest BCUT2D eigenvalue weighted by molar-refractivity contribution is 9.10. The fourth-order valence-corrected chi connectivity index (χ4v) is 5.63. The number of aromatic nitrogens is 2. The van der Waals surface area contributed by atoms with Gasteiger partial charge in [0.25, 0.3) is 0 Å². The molecule has 2 aromatic carbocycles. The Morgan fingerprint density at radius 1 is 1.00 bits per heavy atom. The second kappa shape index (κ2) is 8.96. The Morgan fingerprint density at radius 3 is 2.47 bits per heavy atom. The molecule has 0 amide bonds. The number of aryl methyl sites for hydroxylation is 2. The Hall–Kier alpha value is -3.03. The van der Waals surface area contributed by atoms with Crippen molar-refractivity contribution < 1.29 is 4.39 Å². The summed E-state index contributed by atoms with van der Waals surface area (Å²) in [6.45, 7) is 6.01. The lowest BCUT2D eigenvalue weighted by Gasteiger charge is -2.28. The highest BCUT2D eigenvalue weighted by atomic mass is 79.9. The minimum absolute atomic E-state index is 0.158. The predicted octanol–water partition coefficient (Wildman–Crippen LogP) is 6.88. The molecule has 0 unspecified atom stereocenters. The van der Waals surface area contributed by atoms with Crippen LogP contribution in [-0.2, 0) is 0 Å². The van der Waals surface area contributed by atoms with Gasteiger partial charge in [-0.1, -0.05) is 18.2 Å². The highest BCUT2D eigenvalue weighted by Crippen LogP contribution is 2.44. The van der Waals surface area contributed by atoms with Crippen LogP contribution in [0.3, 0.4) is 0 Å². The number of nitrogens with zero attached hydrogens (tertiary/aromatic N) is 3. The molecule has 0 bridgehead atoms. The van der Waals surface area contributed by atoms with E-state index in [4.69, 9.17) is 12.2 Å². The molecule has 1 aliphatic heterocycles. The summed E-state index contributed by atoms with van der Waals surface area (Å²) < 4.78 is 17.4. The average molecular weight is 535 g/mol. The normalized spacial score (nSPS) is 17.8. The Bertz CT molecular complexity index is 1380. The number of halogens is 2. The minimum Gasteiger partial charge on any atom is -0.351 e. The number of benzene rings is 2. The maximum absolute atomic E-state index is 14.1. The van der Waals surface area contributed by atoms with Crippen LogP contribution in [0.15, 0.2) is 77.4 Å². The molecule has 34 heavy (non-hydrogen) atoms. The van der Waals surface area contributed by atoms with Gasteiger partial charge >= 0.3 is 0 Å².